The normalized spacial score (nSPS) is 14.9. The van der Waals surface area contributed by atoms with Crippen LogP contribution in [0.4, 0.5) is 5.69 Å². The Morgan fingerprint density at radius 2 is 2.29 bits per heavy atom. The average molecular weight is 190 g/mol. The zero-order valence-corrected chi connectivity index (χ0v) is 7.62. The van der Waals surface area contributed by atoms with Gasteiger partial charge >= 0.3 is 5.76 Å². The van der Waals surface area contributed by atoms with E-state index in [9.17, 15) is 4.79 Å². The highest BCUT2D eigenvalue weighted by Crippen LogP contribution is 2.26. The fourth-order valence-electron chi connectivity index (χ4n) is 2.14. The number of nitrogens with zero attached hydrogens (tertiary/aromatic N) is 1. The Balaban J connectivity index is 2.55. The summed E-state index contributed by atoms with van der Waals surface area (Å²) in [7, 11) is 0. The fraction of sp³-hybridized carbons (Fsp3) is 0.300. The van der Waals surface area contributed by atoms with Crippen molar-refractivity contribution in [3.63, 3.8) is 0 Å². The third kappa shape index (κ3) is 0.852. The highest BCUT2D eigenvalue weighted by Gasteiger charge is 2.17. The number of anilines is 1. The number of benzene rings is 1. The smallest absolute Gasteiger partial charge is 0.408 e. The van der Waals surface area contributed by atoms with Crippen LogP contribution >= 0.6 is 0 Å². The van der Waals surface area contributed by atoms with Crippen molar-refractivity contribution in [1.82, 2.24) is 4.57 Å². The van der Waals surface area contributed by atoms with Gasteiger partial charge in [-0.05, 0) is 24.5 Å². The van der Waals surface area contributed by atoms with Crippen LogP contribution in [0.15, 0.2) is 21.3 Å². The molecule has 0 amide bonds. The molecule has 0 bridgehead atoms. The number of hydrogen-bond acceptors (Lipinski definition) is 3. The monoisotopic (exact) mass is 190 g/mol. The summed E-state index contributed by atoms with van der Waals surface area (Å²) >= 11 is 0. The van der Waals surface area contributed by atoms with E-state index >= 15 is 0 Å². The van der Waals surface area contributed by atoms with Crippen molar-refractivity contribution in [3.05, 3.63) is 28.2 Å². The maximum atomic E-state index is 11.4. The van der Waals surface area contributed by atoms with Crippen LogP contribution in [0.2, 0.25) is 0 Å². The van der Waals surface area contributed by atoms with Gasteiger partial charge in [-0.15, -0.1) is 0 Å². The van der Waals surface area contributed by atoms with Gasteiger partial charge in [0, 0.05) is 18.3 Å². The Bertz CT molecular complexity index is 565. The van der Waals surface area contributed by atoms with Gasteiger partial charge in [0.2, 0.25) is 0 Å². The first kappa shape index (κ1) is 7.67. The molecular weight excluding hydrogens is 180 g/mol. The molecule has 4 heteroatoms. The molecule has 3 rings (SSSR count). The predicted molar refractivity (Wildman–Crippen MR) is 53.2 cm³/mol. The summed E-state index contributed by atoms with van der Waals surface area (Å²) in [6, 6.07) is 3.63. The number of nitrogen functional groups attached to an aromatic ring is 1. The number of aryl methyl sites for hydroxylation is 2. The van der Waals surface area contributed by atoms with E-state index < -0.39 is 0 Å². The van der Waals surface area contributed by atoms with Gasteiger partial charge in [-0.25, -0.2) is 4.79 Å². The highest BCUT2D eigenvalue weighted by atomic mass is 16.4. The molecule has 4 nitrogen and oxygen atoms in total. The van der Waals surface area contributed by atoms with Crippen LogP contribution in [-0.4, -0.2) is 4.57 Å². The van der Waals surface area contributed by atoms with Gasteiger partial charge in [0.1, 0.15) is 0 Å². The van der Waals surface area contributed by atoms with Crippen molar-refractivity contribution < 1.29 is 4.42 Å². The number of nitrogens with two attached hydrogens (primary N) is 1. The van der Waals surface area contributed by atoms with Crippen molar-refractivity contribution in [1.29, 1.82) is 0 Å². The lowest BCUT2D eigenvalue weighted by atomic mass is 10.0. The van der Waals surface area contributed by atoms with E-state index in [2.05, 4.69) is 0 Å². The third-order valence-corrected chi connectivity index (χ3v) is 2.69. The molecule has 2 heterocycles. The number of oxazole rings is 1. The summed E-state index contributed by atoms with van der Waals surface area (Å²) < 4.78 is 6.81. The molecule has 1 aliphatic rings. The Morgan fingerprint density at radius 1 is 1.43 bits per heavy atom. The average Bonchev–Trinajstić information content (AvgIpc) is 2.45. The van der Waals surface area contributed by atoms with Crippen LogP contribution in [0.25, 0.3) is 11.1 Å². The lowest BCUT2D eigenvalue weighted by Crippen LogP contribution is -2.18. The maximum Gasteiger partial charge on any atom is 0.419 e. The molecule has 0 aliphatic carbocycles. The molecule has 14 heavy (non-hydrogen) atoms. The Morgan fingerprint density at radius 3 is 3.14 bits per heavy atom. The molecule has 0 atom stereocenters. The standard InChI is InChI=1S/C10H10N2O2/c11-7-4-6-2-1-3-12-9(6)8(5-7)14-10(12)13/h4-5H,1-3,11H2. The van der Waals surface area contributed by atoms with Crippen LogP contribution in [0.3, 0.4) is 0 Å². The first-order valence-electron chi connectivity index (χ1n) is 4.67. The topological polar surface area (TPSA) is 61.2 Å². The highest BCUT2D eigenvalue weighted by molar-refractivity contribution is 5.81. The summed E-state index contributed by atoms with van der Waals surface area (Å²) in [5.41, 5.74) is 9.04. The van der Waals surface area contributed by atoms with Crippen molar-refractivity contribution in [2.24, 2.45) is 0 Å². The van der Waals surface area contributed by atoms with Crippen LogP contribution < -0.4 is 11.5 Å². The van der Waals surface area contributed by atoms with Gasteiger partial charge in [0.15, 0.2) is 5.58 Å². The molecule has 0 fully saturated rings. The summed E-state index contributed by atoms with van der Waals surface area (Å²) in [5, 5.41) is 0. The van der Waals surface area contributed by atoms with Crippen LogP contribution in [0.1, 0.15) is 12.0 Å². The van der Waals surface area contributed by atoms with Gasteiger partial charge in [-0.2, -0.15) is 0 Å². The summed E-state index contributed by atoms with van der Waals surface area (Å²) in [5.74, 6) is -0.272. The number of hydrogen-bond donors (Lipinski definition) is 1. The summed E-state index contributed by atoms with van der Waals surface area (Å²) in [6.45, 7) is 0.753. The Labute approximate surface area is 79.9 Å². The van der Waals surface area contributed by atoms with E-state index in [1.807, 2.05) is 6.07 Å². The van der Waals surface area contributed by atoms with E-state index in [0.717, 1.165) is 30.5 Å². The predicted octanol–water partition coefficient (Wildman–Crippen LogP) is 1.12. The second kappa shape index (κ2) is 2.41. The molecule has 0 unspecified atom stereocenters. The molecule has 0 radical (unpaired) electrons. The quantitative estimate of drug-likeness (QED) is 0.633. The minimum atomic E-state index is -0.272. The Hall–Kier alpha value is -1.71. The van der Waals surface area contributed by atoms with Gasteiger partial charge < -0.3 is 10.2 Å². The van der Waals surface area contributed by atoms with E-state index in [1.165, 1.54) is 0 Å². The van der Waals surface area contributed by atoms with Gasteiger partial charge in [0.05, 0.1) is 5.52 Å². The Kier molecular flexibility index (Phi) is 1.32. The molecule has 0 spiro atoms. The zero-order chi connectivity index (χ0) is 9.71. The maximum absolute atomic E-state index is 11.4. The molecule has 2 aromatic rings. The second-order valence-corrected chi connectivity index (χ2v) is 3.65. The van der Waals surface area contributed by atoms with Crippen LogP contribution in [0.5, 0.6) is 0 Å². The lowest BCUT2D eigenvalue weighted by molar-refractivity contribution is 0.494. The molecule has 2 N–H and O–H groups in total. The van der Waals surface area contributed by atoms with Gasteiger partial charge in [-0.1, -0.05) is 0 Å². The molecular formula is C10H10N2O2. The minimum Gasteiger partial charge on any atom is -0.408 e. The molecule has 0 saturated heterocycles. The van der Waals surface area contributed by atoms with Crippen LogP contribution in [0, 0.1) is 0 Å². The van der Waals surface area contributed by atoms with E-state index in [-0.39, 0.29) is 5.76 Å². The molecule has 1 aromatic carbocycles. The summed E-state index contributed by atoms with van der Waals surface area (Å²) in [4.78, 5) is 11.4. The van der Waals surface area contributed by atoms with E-state index in [1.54, 1.807) is 10.6 Å². The first-order chi connectivity index (χ1) is 6.75. The number of rotatable bonds is 0. The van der Waals surface area contributed by atoms with Crippen LogP contribution in [-0.2, 0) is 13.0 Å². The molecule has 1 aromatic heterocycles. The van der Waals surface area contributed by atoms with Gasteiger partial charge in [-0.3, -0.25) is 4.57 Å². The van der Waals surface area contributed by atoms with Crippen molar-refractivity contribution in [2.45, 2.75) is 19.4 Å². The molecule has 1 aliphatic heterocycles. The lowest BCUT2D eigenvalue weighted by Gasteiger charge is -2.12. The fourth-order valence-corrected chi connectivity index (χ4v) is 2.14. The van der Waals surface area contributed by atoms with E-state index in [0.29, 0.717) is 11.3 Å². The first-order valence-corrected chi connectivity index (χ1v) is 4.67. The van der Waals surface area contributed by atoms with Crippen molar-refractivity contribution in [2.75, 3.05) is 5.73 Å². The van der Waals surface area contributed by atoms with Crippen molar-refractivity contribution in [3.8, 4) is 0 Å². The van der Waals surface area contributed by atoms with E-state index in [4.69, 9.17) is 10.2 Å². The number of aromatic nitrogens is 1. The van der Waals surface area contributed by atoms with Crippen molar-refractivity contribution >= 4 is 16.8 Å². The zero-order valence-electron chi connectivity index (χ0n) is 7.62. The summed E-state index contributed by atoms with van der Waals surface area (Å²) in [6.07, 6.45) is 1.95. The molecule has 0 saturated carbocycles. The molecule has 72 valence electrons. The SMILES string of the molecule is Nc1cc2c3c(c1)oc(=O)n3CCC2. The van der Waals surface area contributed by atoms with Gasteiger partial charge in [0.25, 0.3) is 0 Å². The largest absolute Gasteiger partial charge is 0.419 e. The third-order valence-electron chi connectivity index (χ3n) is 2.69. The second-order valence-electron chi connectivity index (χ2n) is 3.65. The minimum absolute atomic E-state index is 0.272.